The Morgan fingerprint density at radius 3 is 2.85 bits per heavy atom. The van der Waals surface area contributed by atoms with Crippen LogP contribution in [0.1, 0.15) is 31.6 Å². The maximum absolute atomic E-state index is 12.7. The normalized spacial score (nSPS) is 29.1. The number of aliphatic hydroxyl groups is 1. The molecule has 108 valence electrons. The maximum atomic E-state index is 12.7. The molecule has 2 saturated heterocycles. The second-order valence-electron chi connectivity index (χ2n) is 4.94. The summed E-state index contributed by atoms with van der Waals surface area (Å²) in [4.78, 5) is 20.5. The molecule has 1 amide bonds. The fraction of sp³-hybridized carbons (Fsp3) is 0.583. The van der Waals surface area contributed by atoms with Crippen molar-refractivity contribution in [3.8, 4) is 0 Å². The van der Waals surface area contributed by atoms with Crippen molar-refractivity contribution in [2.24, 2.45) is 0 Å². The van der Waals surface area contributed by atoms with E-state index >= 15 is 0 Å². The van der Waals surface area contributed by atoms with Gasteiger partial charge in [-0.15, -0.1) is 0 Å². The highest BCUT2D eigenvalue weighted by Gasteiger charge is 2.53. The molecular weight excluding hydrogens is 296 g/mol. The molecule has 0 bridgehead atoms. The van der Waals surface area contributed by atoms with Gasteiger partial charge in [-0.1, -0.05) is 0 Å². The van der Waals surface area contributed by atoms with E-state index in [-0.39, 0.29) is 5.91 Å². The van der Waals surface area contributed by atoms with Crippen molar-refractivity contribution in [3.63, 3.8) is 0 Å². The zero-order chi connectivity index (χ0) is 14.2. The van der Waals surface area contributed by atoms with E-state index in [1.54, 1.807) is 29.7 Å². The van der Waals surface area contributed by atoms with Gasteiger partial charge in [-0.05, 0) is 43.2 Å². The van der Waals surface area contributed by atoms with E-state index in [9.17, 15) is 9.90 Å². The topological polar surface area (TPSA) is 78.4 Å². The van der Waals surface area contributed by atoms with Gasteiger partial charge in [0.05, 0.1) is 6.10 Å². The summed E-state index contributed by atoms with van der Waals surface area (Å²) in [6.45, 7) is 2.51. The highest BCUT2D eigenvalue weighted by Crippen LogP contribution is 2.53. The summed E-state index contributed by atoms with van der Waals surface area (Å²) in [7, 11) is 2.90. The van der Waals surface area contributed by atoms with Crippen LogP contribution in [0.2, 0.25) is 0 Å². The third-order valence-corrected chi connectivity index (χ3v) is 6.48. The van der Waals surface area contributed by atoms with Crippen LogP contribution in [0, 0.1) is 0 Å². The lowest BCUT2D eigenvalue weighted by molar-refractivity contribution is -0.131. The third kappa shape index (κ3) is 2.30. The minimum atomic E-state index is -0.731. The lowest BCUT2D eigenvalue weighted by atomic mass is 10.1. The van der Waals surface area contributed by atoms with Gasteiger partial charge in [0.15, 0.2) is 10.7 Å². The SMILES string of the molecule is CC(O)C(c1ncccn1)N1SSC2(CCCN2)C1=O. The van der Waals surface area contributed by atoms with Gasteiger partial charge in [0, 0.05) is 23.4 Å². The lowest BCUT2D eigenvalue weighted by Gasteiger charge is -2.28. The third-order valence-electron chi connectivity index (χ3n) is 3.48. The number of carbonyl (C=O) groups excluding carboxylic acids is 1. The molecule has 8 heteroatoms. The second kappa shape index (κ2) is 5.51. The van der Waals surface area contributed by atoms with E-state index in [1.165, 1.54) is 21.8 Å². The molecule has 1 aromatic heterocycles. The summed E-state index contributed by atoms with van der Waals surface area (Å²) < 4.78 is 1.61. The van der Waals surface area contributed by atoms with Crippen molar-refractivity contribution in [2.45, 2.75) is 36.8 Å². The number of nitrogens with zero attached hydrogens (tertiary/aromatic N) is 3. The predicted octanol–water partition coefficient (Wildman–Crippen LogP) is 1.12. The van der Waals surface area contributed by atoms with Crippen LogP contribution in [0.4, 0.5) is 0 Å². The van der Waals surface area contributed by atoms with Gasteiger partial charge in [0.1, 0.15) is 6.04 Å². The molecule has 1 aromatic rings. The summed E-state index contributed by atoms with van der Waals surface area (Å²) in [6.07, 6.45) is 4.33. The molecule has 2 aliphatic heterocycles. The first-order valence-corrected chi connectivity index (χ1v) is 8.64. The Kier molecular flexibility index (Phi) is 3.89. The van der Waals surface area contributed by atoms with Gasteiger partial charge in [-0.2, -0.15) is 0 Å². The molecule has 2 fully saturated rings. The average Bonchev–Trinajstić information content (AvgIpc) is 3.03. The van der Waals surface area contributed by atoms with Crippen LogP contribution in [-0.2, 0) is 4.79 Å². The highest BCUT2D eigenvalue weighted by molar-refractivity contribution is 8.77. The van der Waals surface area contributed by atoms with E-state index < -0.39 is 17.0 Å². The molecule has 2 N–H and O–H groups in total. The van der Waals surface area contributed by atoms with Crippen LogP contribution in [-0.4, -0.2) is 42.8 Å². The fourth-order valence-electron chi connectivity index (χ4n) is 2.47. The minimum Gasteiger partial charge on any atom is -0.391 e. The number of carbonyl (C=O) groups is 1. The number of aromatic nitrogens is 2. The molecular formula is C12H16N4O2S2. The number of rotatable bonds is 3. The largest absolute Gasteiger partial charge is 0.391 e. The summed E-state index contributed by atoms with van der Waals surface area (Å²) in [5.74, 6) is 0.474. The zero-order valence-corrected chi connectivity index (χ0v) is 12.7. The first-order valence-electron chi connectivity index (χ1n) is 6.53. The van der Waals surface area contributed by atoms with Crippen LogP contribution >= 0.6 is 21.8 Å². The van der Waals surface area contributed by atoms with Crippen LogP contribution in [0.5, 0.6) is 0 Å². The van der Waals surface area contributed by atoms with Crippen molar-refractivity contribution in [1.29, 1.82) is 0 Å². The molecule has 0 aliphatic carbocycles. The first-order chi connectivity index (χ1) is 9.64. The van der Waals surface area contributed by atoms with E-state index in [0.29, 0.717) is 5.82 Å². The molecule has 0 radical (unpaired) electrons. The Hall–Kier alpha value is -0.830. The van der Waals surface area contributed by atoms with Crippen molar-refractivity contribution in [1.82, 2.24) is 19.6 Å². The van der Waals surface area contributed by atoms with Crippen molar-refractivity contribution < 1.29 is 9.90 Å². The Labute approximate surface area is 125 Å². The minimum absolute atomic E-state index is 0.00310. The highest BCUT2D eigenvalue weighted by atomic mass is 33.1. The van der Waals surface area contributed by atoms with Crippen LogP contribution in [0.3, 0.4) is 0 Å². The van der Waals surface area contributed by atoms with Crippen LogP contribution in [0.15, 0.2) is 18.5 Å². The summed E-state index contributed by atoms with van der Waals surface area (Å²) in [6, 6.07) is 1.19. The number of hydrogen-bond acceptors (Lipinski definition) is 7. The van der Waals surface area contributed by atoms with E-state index in [4.69, 9.17) is 0 Å². The predicted molar refractivity (Wildman–Crippen MR) is 78.4 cm³/mol. The molecule has 2 aliphatic rings. The zero-order valence-electron chi connectivity index (χ0n) is 11.0. The summed E-state index contributed by atoms with van der Waals surface area (Å²) >= 11 is 0. The Morgan fingerprint density at radius 1 is 1.50 bits per heavy atom. The fourth-order valence-corrected chi connectivity index (χ4v) is 5.63. The standard InChI is InChI=1S/C12H16N4O2S2/c1-8(17)9(10-13-5-3-6-14-10)16-11(18)12(19-20-16)4-2-7-15-12/h3,5-6,8-9,15,17H,2,4,7H2,1H3. The molecule has 3 unspecified atom stereocenters. The first kappa shape index (κ1) is 14.1. The number of nitrogens with one attached hydrogen (secondary N) is 1. The van der Waals surface area contributed by atoms with Gasteiger partial charge >= 0.3 is 0 Å². The summed E-state index contributed by atoms with van der Waals surface area (Å²) in [5, 5.41) is 13.3. The quantitative estimate of drug-likeness (QED) is 0.639. The van der Waals surface area contributed by atoms with Gasteiger partial charge < -0.3 is 5.11 Å². The molecule has 3 atom stereocenters. The Balaban J connectivity index is 1.88. The van der Waals surface area contributed by atoms with E-state index in [0.717, 1.165) is 19.4 Å². The molecule has 20 heavy (non-hydrogen) atoms. The molecule has 1 spiro atoms. The van der Waals surface area contributed by atoms with Crippen LogP contribution in [0.25, 0.3) is 0 Å². The molecule has 6 nitrogen and oxygen atoms in total. The monoisotopic (exact) mass is 312 g/mol. The van der Waals surface area contributed by atoms with Crippen molar-refractivity contribution in [2.75, 3.05) is 6.54 Å². The van der Waals surface area contributed by atoms with Crippen molar-refractivity contribution >= 4 is 27.7 Å². The van der Waals surface area contributed by atoms with Gasteiger partial charge in [-0.3, -0.25) is 14.4 Å². The molecule has 3 heterocycles. The maximum Gasteiger partial charge on any atom is 0.265 e. The van der Waals surface area contributed by atoms with E-state index in [2.05, 4.69) is 15.3 Å². The Morgan fingerprint density at radius 2 is 2.25 bits per heavy atom. The van der Waals surface area contributed by atoms with E-state index in [1.807, 2.05) is 0 Å². The molecule has 3 rings (SSSR count). The number of amides is 1. The second-order valence-corrected chi connectivity index (χ2v) is 7.29. The van der Waals surface area contributed by atoms with Gasteiger partial charge in [-0.25, -0.2) is 9.97 Å². The number of hydrogen-bond donors (Lipinski definition) is 2. The van der Waals surface area contributed by atoms with Gasteiger partial charge in [0.2, 0.25) is 0 Å². The molecule has 0 aromatic carbocycles. The Bertz CT molecular complexity index is 493. The lowest BCUT2D eigenvalue weighted by Crippen LogP contribution is -2.47. The molecule has 0 saturated carbocycles. The summed E-state index contributed by atoms with van der Waals surface area (Å²) in [5.41, 5.74) is 0. The van der Waals surface area contributed by atoms with Crippen LogP contribution < -0.4 is 5.32 Å². The average molecular weight is 312 g/mol. The number of aliphatic hydroxyl groups excluding tert-OH is 1. The van der Waals surface area contributed by atoms with Gasteiger partial charge in [0.25, 0.3) is 5.91 Å². The smallest absolute Gasteiger partial charge is 0.265 e. The van der Waals surface area contributed by atoms with Crippen molar-refractivity contribution in [3.05, 3.63) is 24.3 Å².